The van der Waals surface area contributed by atoms with Crippen LogP contribution in [0.25, 0.3) is 0 Å². The van der Waals surface area contributed by atoms with Gasteiger partial charge in [-0.05, 0) is 30.5 Å². The zero-order chi connectivity index (χ0) is 18.1. The monoisotopic (exact) mass is 357 g/mol. The number of benzene rings is 1. The molecule has 0 bridgehead atoms. The van der Waals surface area contributed by atoms with Gasteiger partial charge in [0.1, 0.15) is 0 Å². The van der Waals surface area contributed by atoms with E-state index in [0.717, 1.165) is 11.1 Å². The molecule has 1 unspecified atom stereocenters. The fourth-order valence-electron chi connectivity index (χ4n) is 2.46. The van der Waals surface area contributed by atoms with Crippen LogP contribution in [-0.4, -0.2) is 21.9 Å². The van der Waals surface area contributed by atoms with Gasteiger partial charge in [0.2, 0.25) is 0 Å². The van der Waals surface area contributed by atoms with Crippen LogP contribution >= 0.6 is 11.8 Å². The highest BCUT2D eigenvalue weighted by molar-refractivity contribution is 8.13. The number of amides is 2. The van der Waals surface area contributed by atoms with E-state index in [4.69, 9.17) is 0 Å². The molecule has 1 atom stereocenters. The van der Waals surface area contributed by atoms with E-state index in [2.05, 4.69) is 15.6 Å². The summed E-state index contributed by atoms with van der Waals surface area (Å²) in [5.74, 6) is 0.642. The van der Waals surface area contributed by atoms with Gasteiger partial charge in [-0.3, -0.25) is 9.78 Å². The molecule has 2 aromatic rings. The molecule has 2 amide bonds. The Balaban J connectivity index is 2.01. The van der Waals surface area contributed by atoms with Crippen molar-refractivity contribution in [1.82, 2.24) is 15.6 Å². The van der Waals surface area contributed by atoms with Gasteiger partial charge >= 0.3 is 6.03 Å². The number of carbonyl (C=O) groups is 2. The molecule has 2 rings (SSSR count). The topological polar surface area (TPSA) is 71.1 Å². The number of thioether (sulfide) groups is 1. The van der Waals surface area contributed by atoms with Gasteiger partial charge in [-0.25, -0.2) is 4.79 Å². The quantitative estimate of drug-likeness (QED) is 0.796. The number of nitrogens with zero attached hydrogens (tertiary/aromatic N) is 1. The van der Waals surface area contributed by atoms with Crippen LogP contribution in [0.4, 0.5) is 4.79 Å². The van der Waals surface area contributed by atoms with E-state index in [1.165, 1.54) is 11.8 Å². The molecule has 6 heteroatoms. The normalized spacial score (nSPS) is 12.9. The van der Waals surface area contributed by atoms with Crippen LogP contribution in [0.2, 0.25) is 0 Å². The van der Waals surface area contributed by atoms with Gasteiger partial charge in [-0.1, -0.05) is 48.2 Å². The summed E-state index contributed by atoms with van der Waals surface area (Å²) in [7, 11) is 0. The summed E-state index contributed by atoms with van der Waals surface area (Å²) in [5.41, 5.74) is 1.39. The summed E-state index contributed by atoms with van der Waals surface area (Å²) < 4.78 is 0. The minimum atomic E-state index is -0.553. The summed E-state index contributed by atoms with van der Waals surface area (Å²) in [4.78, 5) is 27.6. The van der Waals surface area contributed by atoms with Gasteiger partial charge in [0.25, 0.3) is 0 Å². The van der Waals surface area contributed by atoms with Crippen molar-refractivity contribution in [2.45, 2.75) is 32.4 Å². The van der Waals surface area contributed by atoms with Crippen molar-refractivity contribution >= 4 is 22.9 Å². The van der Waals surface area contributed by atoms with E-state index in [0.29, 0.717) is 18.7 Å². The highest BCUT2D eigenvalue weighted by atomic mass is 32.2. The molecule has 1 heterocycles. The molecule has 0 saturated carbocycles. The summed E-state index contributed by atoms with van der Waals surface area (Å²) in [5, 5.41) is 6.00. The molecule has 0 aliphatic heterocycles. The van der Waals surface area contributed by atoms with Crippen LogP contribution in [0.1, 0.15) is 31.4 Å². The first kappa shape index (κ1) is 19.0. The van der Waals surface area contributed by atoms with E-state index in [1.54, 1.807) is 19.3 Å². The maximum Gasteiger partial charge on any atom is 0.315 e. The molecule has 132 valence electrons. The van der Waals surface area contributed by atoms with Crippen LogP contribution in [0.5, 0.6) is 0 Å². The van der Waals surface area contributed by atoms with E-state index < -0.39 is 5.54 Å². The second-order valence-corrected chi connectivity index (χ2v) is 7.23. The highest BCUT2D eigenvalue weighted by Gasteiger charge is 2.28. The highest BCUT2D eigenvalue weighted by Crippen LogP contribution is 2.26. The molecule has 0 aliphatic carbocycles. The number of pyridine rings is 1. The molecule has 1 aromatic heterocycles. The first-order valence-electron chi connectivity index (χ1n) is 8.13. The third-order valence-electron chi connectivity index (χ3n) is 3.88. The Bertz CT molecular complexity index is 694. The van der Waals surface area contributed by atoms with Gasteiger partial charge in [-0.2, -0.15) is 0 Å². The molecular formula is C19H23N3O2S. The second kappa shape index (κ2) is 9.22. The molecule has 0 fully saturated rings. The number of hydrogen-bond acceptors (Lipinski definition) is 4. The zero-order valence-corrected chi connectivity index (χ0v) is 15.3. The van der Waals surface area contributed by atoms with Crippen molar-refractivity contribution in [2.75, 3.05) is 5.75 Å². The average molecular weight is 357 g/mol. The van der Waals surface area contributed by atoms with Gasteiger partial charge in [0, 0.05) is 31.6 Å². The van der Waals surface area contributed by atoms with Crippen LogP contribution in [-0.2, 0) is 16.9 Å². The lowest BCUT2D eigenvalue weighted by Crippen LogP contribution is -2.48. The average Bonchev–Trinajstić information content (AvgIpc) is 2.61. The van der Waals surface area contributed by atoms with Gasteiger partial charge in [-0.15, -0.1) is 0 Å². The van der Waals surface area contributed by atoms with Gasteiger partial charge < -0.3 is 10.6 Å². The maximum atomic E-state index is 12.4. The van der Waals surface area contributed by atoms with Gasteiger partial charge in [0.15, 0.2) is 5.12 Å². The molecule has 1 aromatic carbocycles. The Morgan fingerprint density at radius 3 is 2.56 bits per heavy atom. The number of nitrogens with one attached hydrogen (secondary N) is 2. The fraction of sp³-hybridized carbons (Fsp3) is 0.316. The number of aromatic nitrogens is 1. The van der Waals surface area contributed by atoms with Crippen molar-refractivity contribution in [1.29, 1.82) is 0 Å². The summed E-state index contributed by atoms with van der Waals surface area (Å²) in [6.45, 7) is 3.94. The standard InChI is InChI=1S/C19H23N3O2S/c1-15(23)25-12-10-19(2,17-8-4-3-5-9-17)22-18(24)21-14-16-7-6-11-20-13-16/h3-9,11,13H,10,12,14H2,1-2H3,(H2,21,22,24). The van der Waals surface area contributed by atoms with Crippen LogP contribution in [0, 0.1) is 0 Å². The van der Waals surface area contributed by atoms with Crippen molar-refractivity contribution in [3.05, 3.63) is 66.0 Å². The largest absolute Gasteiger partial charge is 0.334 e. The Hall–Kier alpha value is -2.34. The Morgan fingerprint density at radius 1 is 1.16 bits per heavy atom. The third kappa shape index (κ3) is 6.23. The van der Waals surface area contributed by atoms with Gasteiger partial charge in [0.05, 0.1) is 5.54 Å². The smallest absolute Gasteiger partial charge is 0.315 e. The zero-order valence-electron chi connectivity index (χ0n) is 14.5. The first-order chi connectivity index (χ1) is 12.0. The number of urea groups is 1. The van der Waals surface area contributed by atoms with Crippen molar-refractivity contribution in [2.24, 2.45) is 0 Å². The number of carbonyl (C=O) groups excluding carboxylic acids is 2. The van der Waals surface area contributed by atoms with E-state index in [1.807, 2.05) is 49.4 Å². The lowest BCUT2D eigenvalue weighted by Gasteiger charge is -2.31. The van der Waals surface area contributed by atoms with Crippen LogP contribution in [0.15, 0.2) is 54.9 Å². The lowest BCUT2D eigenvalue weighted by molar-refractivity contribution is -0.109. The maximum absolute atomic E-state index is 12.4. The minimum Gasteiger partial charge on any atom is -0.334 e. The Kier molecular flexibility index (Phi) is 7.01. The van der Waals surface area contributed by atoms with Crippen molar-refractivity contribution < 1.29 is 9.59 Å². The van der Waals surface area contributed by atoms with Crippen molar-refractivity contribution in [3.63, 3.8) is 0 Å². The predicted molar refractivity (Wildman–Crippen MR) is 101 cm³/mol. The first-order valence-corrected chi connectivity index (χ1v) is 9.12. The molecule has 5 nitrogen and oxygen atoms in total. The van der Waals surface area contributed by atoms with E-state index >= 15 is 0 Å². The molecule has 0 radical (unpaired) electrons. The molecule has 0 saturated heterocycles. The Labute approximate surface area is 152 Å². The summed E-state index contributed by atoms with van der Waals surface area (Å²) in [6.07, 6.45) is 4.07. The molecule has 0 spiro atoms. The lowest BCUT2D eigenvalue weighted by atomic mass is 9.89. The predicted octanol–water partition coefficient (Wildman–Crippen LogP) is 3.47. The molecule has 2 N–H and O–H groups in total. The third-order valence-corrected chi connectivity index (χ3v) is 4.70. The van der Waals surface area contributed by atoms with Crippen LogP contribution in [0.3, 0.4) is 0 Å². The number of hydrogen-bond donors (Lipinski definition) is 2. The summed E-state index contributed by atoms with van der Waals surface area (Å²) in [6, 6.07) is 13.3. The fourth-order valence-corrected chi connectivity index (χ4v) is 3.26. The molecular weight excluding hydrogens is 334 g/mol. The van der Waals surface area contributed by atoms with E-state index in [9.17, 15) is 9.59 Å². The summed E-state index contributed by atoms with van der Waals surface area (Å²) >= 11 is 1.27. The second-order valence-electron chi connectivity index (χ2n) is 5.96. The SMILES string of the molecule is CC(=O)SCCC(C)(NC(=O)NCc1cccnc1)c1ccccc1. The molecule has 0 aliphatic rings. The van der Waals surface area contributed by atoms with Crippen LogP contribution < -0.4 is 10.6 Å². The Morgan fingerprint density at radius 2 is 1.92 bits per heavy atom. The number of rotatable bonds is 7. The molecule has 25 heavy (non-hydrogen) atoms. The van der Waals surface area contributed by atoms with Crippen molar-refractivity contribution in [3.8, 4) is 0 Å². The van der Waals surface area contributed by atoms with E-state index in [-0.39, 0.29) is 11.1 Å². The minimum absolute atomic E-state index is 0.0800.